The maximum atomic E-state index is 5.15. The zero-order chi connectivity index (χ0) is 9.52. The zero-order valence-corrected chi connectivity index (χ0v) is 7.57. The molecule has 3 nitrogen and oxygen atoms in total. The summed E-state index contributed by atoms with van der Waals surface area (Å²) in [6.45, 7) is 0.401. The van der Waals surface area contributed by atoms with E-state index in [1.807, 2.05) is 36.4 Å². The van der Waals surface area contributed by atoms with Gasteiger partial charge in [-0.15, -0.1) is 0 Å². The highest BCUT2D eigenvalue weighted by Crippen LogP contribution is 2.18. The fourth-order valence-electron chi connectivity index (χ4n) is 1.03. The van der Waals surface area contributed by atoms with Crippen LogP contribution in [0, 0.1) is 0 Å². The first-order valence-corrected chi connectivity index (χ1v) is 3.99. The van der Waals surface area contributed by atoms with Gasteiger partial charge in [-0.3, -0.25) is 0 Å². The van der Waals surface area contributed by atoms with Gasteiger partial charge in [-0.25, -0.2) is 5.90 Å². The molecular formula is C10H13NO2. The molecule has 0 bridgehead atoms. The van der Waals surface area contributed by atoms with E-state index in [0.29, 0.717) is 6.61 Å². The molecule has 0 unspecified atom stereocenters. The van der Waals surface area contributed by atoms with E-state index in [2.05, 4.69) is 4.84 Å². The minimum Gasteiger partial charge on any atom is -0.496 e. The molecule has 70 valence electrons. The van der Waals surface area contributed by atoms with Crippen LogP contribution in [0.25, 0.3) is 6.08 Å². The van der Waals surface area contributed by atoms with E-state index in [9.17, 15) is 0 Å². The smallest absolute Gasteiger partial charge is 0.126 e. The lowest BCUT2D eigenvalue weighted by atomic mass is 10.2. The Balaban J connectivity index is 2.74. The van der Waals surface area contributed by atoms with E-state index in [1.165, 1.54) is 0 Å². The number of methoxy groups -OCH3 is 1. The highest BCUT2D eigenvalue weighted by Gasteiger charge is 1.95. The Morgan fingerprint density at radius 2 is 2.15 bits per heavy atom. The van der Waals surface area contributed by atoms with Crippen molar-refractivity contribution in [3.8, 4) is 5.75 Å². The van der Waals surface area contributed by atoms with Gasteiger partial charge in [0.2, 0.25) is 0 Å². The Morgan fingerprint density at radius 1 is 1.38 bits per heavy atom. The molecule has 1 rings (SSSR count). The van der Waals surface area contributed by atoms with E-state index in [-0.39, 0.29) is 0 Å². The molecule has 2 N–H and O–H groups in total. The lowest BCUT2D eigenvalue weighted by Gasteiger charge is -2.02. The maximum Gasteiger partial charge on any atom is 0.126 e. The third kappa shape index (κ3) is 2.89. The highest BCUT2D eigenvalue weighted by molar-refractivity contribution is 5.57. The van der Waals surface area contributed by atoms with Crippen LogP contribution in [-0.4, -0.2) is 13.7 Å². The van der Waals surface area contributed by atoms with Crippen LogP contribution in [0.15, 0.2) is 30.3 Å². The van der Waals surface area contributed by atoms with E-state index in [4.69, 9.17) is 10.6 Å². The molecule has 13 heavy (non-hydrogen) atoms. The Labute approximate surface area is 77.7 Å². The van der Waals surface area contributed by atoms with Gasteiger partial charge in [0.15, 0.2) is 0 Å². The molecule has 0 radical (unpaired) electrons. The van der Waals surface area contributed by atoms with E-state index >= 15 is 0 Å². The van der Waals surface area contributed by atoms with Gasteiger partial charge in [0, 0.05) is 5.56 Å². The van der Waals surface area contributed by atoms with Gasteiger partial charge in [0.05, 0.1) is 13.7 Å². The van der Waals surface area contributed by atoms with Crippen LogP contribution in [0.2, 0.25) is 0 Å². The topological polar surface area (TPSA) is 44.5 Å². The minimum atomic E-state index is 0.401. The molecule has 3 heteroatoms. The van der Waals surface area contributed by atoms with Gasteiger partial charge in [-0.2, -0.15) is 0 Å². The van der Waals surface area contributed by atoms with Crippen molar-refractivity contribution in [1.29, 1.82) is 0 Å². The number of para-hydroxylation sites is 1. The second kappa shape index (κ2) is 5.35. The summed E-state index contributed by atoms with van der Waals surface area (Å²) >= 11 is 0. The number of ether oxygens (including phenoxy) is 1. The molecular weight excluding hydrogens is 166 g/mol. The summed E-state index contributed by atoms with van der Waals surface area (Å²) in [5, 5.41) is 0. The van der Waals surface area contributed by atoms with Crippen molar-refractivity contribution < 1.29 is 9.57 Å². The van der Waals surface area contributed by atoms with Crippen LogP contribution in [0.4, 0.5) is 0 Å². The van der Waals surface area contributed by atoms with Crippen LogP contribution < -0.4 is 10.6 Å². The van der Waals surface area contributed by atoms with Crippen molar-refractivity contribution in [3.05, 3.63) is 35.9 Å². The molecule has 1 aromatic rings. The minimum absolute atomic E-state index is 0.401. The number of hydrogen-bond acceptors (Lipinski definition) is 3. The Hall–Kier alpha value is -1.32. The summed E-state index contributed by atoms with van der Waals surface area (Å²) in [6.07, 6.45) is 3.74. The van der Waals surface area contributed by atoms with Crippen molar-refractivity contribution in [2.45, 2.75) is 0 Å². The van der Waals surface area contributed by atoms with Gasteiger partial charge in [0.25, 0.3) is 0 Å². The number of benzene rings is 1. The maximum absolute atomic E-state index is 5.15. The summed E-state index contributed by atoms with van der Waals surface area (Å²) in [4.78, 5) is 4.41. The second-order valence-corrected chi connectivity index (χ2v) is 2.48. The molecule has 0 amide bonds. The van der Waals surface area contributed by atoms with Crippen LogP contribution >= 0.6 is 0 Å². The van der Waals surface area contributed by atoms with Crippen molar-refractivity contribution in [3.63, 3.8) is 0 Å². The van der Waals surface area contributed by atoms with Crippen molar-refractivity contribution in [2.24, 2.45) is 5.90 Å². The average molecular weight is 179 g/mol. The molecule has 0 aromatic heterocycles. The Morgan fingerprint density at radius 3 is 2.85 bits per heavy atom. The third-order valence-corrected chi connectivity index (χ3v) is 1.63. The van der Waals surface area contributed by atoms with Crippen LogP contribution in [0.1, 0.15) is 5.56 Å². The van der Waals surface area contributed by atoms with Crippen molar-refractivity contribution in [2.75, 3.05) is 13.7 Å². The van der Waals surface area contributed by atoms with Gasteiger partial charge >= 0.3 is 0 Å². The Bertz CT molecular complexity index is 284. The van der Waals surface area contributed by atoms with Gasteiger partial charge in [-0.05, 0) is 6.07 Å². The summed E-state index contributed by atoms with van der Waals surface area (Å²) in [5.74, 6) is 5.72. The van der Waals surface area contributed by atoms with Crippen LogP contribution in [0.3, 0.4) is 0 Å². The monoisotopic (exact) mass is 179 g/mol. The molecule has 0 saturated carbocycles. The summed E-state index contributed by atoms with van der Waals surface area (Å²) in [5.41, 5.74) is 1.02. The molecule has 0 heterocycles. The summed E-state index contributed by atoms with van der Waals surface area (Å²) in [7, 11) is 1.64. The first-order chi connectivity index (χ1) is 6.38. The molecule has 1 aromatic carbocycles. The molecule has 0 spiro atoms. The first-order valence-electron chi connectivity index (χ1n) is 3.99. The predicted octanol–water partition coefficient (Wildman–Crippen LogP) is 1.60. The molecule has 0 aliphatic carbocycles. The predicted molar refractivity (Wildman–Crippen MR) is 52.2 cm³/mol. The Kier molecular flexibility index (Phi) is 4.02. The largest absolute Gasteiger partial charge is 0.496 e. The fourth-order valence-corrected chi connectivity index (χ4v) is 1.03. The second-order valence-electron chi connectivity index (χ2n) is 2.48. The molecule has 0 saturated heterocycles. The molecule has 0 aliphatic heterocycles. The van der Waals surface area contributed by atoms with Crippen LogP contribution in [-0.2, 0) is 4.84 Å². The van der Waals surface area contributed by atoms with Gasteiger partial charge in [0.1, 0.15) is 5.75 Å². The molecule has 0 fully saturated rings. The van der Waals surface area contributed by atoms with E-state index < -0.39 is 0 Å². The number of rotatable bonds is 4. The number of nitrogens with two attached hydrogens (primary N) is 1. The first kappa shape index (κ1) is 9.77. The van der Waals surface area contributed by atoms with E-state index in [1.54, 1.807) is 7.11 Å². The quantitative estimate of drug-likeness (QED) is 0.714. The summed E-state index contributed by atoms with van der Waals surface area (Å²) < 4.78 is 5.15. The van der Waals surface area contributed by atoms with Crippen molar-refractivity contribution >= 4 is 6.08 Å². The summed E-state index contributed by atoms with van der Waals surface area (Å²) in [6, 6.07) is 7.75. The fraction of sp³-hybridized carbons (Fsp3) is 0.200. The van der Waals surface area contributed by atoms with Crippen molar-refractivity contribution in [1.82, 2.24) is 0 Å². The van der Waals surface area contributed by atoms with E-state index in [0.717, 1.165) is 11.3 Å². The third-order valence-electron chi connectivity index (χ3n) is 1.63. The lowest BCUT2D eigenvalue weighted by molar-refractivity contribution is 0.168. The standard InChI is InChI=1S/C10H13NO2/c1-12-10-7-3-2-5-9(10)6-4-8-13-11/h2-7H,8,11H2,1H3/b6-4+. The average Bonchev–Trinajstić information content (AvgIpc) is 2.19. The molecule has 0 atom stereocenters. The molecule has 0 aliphatic rings. The van der Waals surface area contributed by atoms with Gasteiger partial charge < -0.3 is 9.57 Å². The lowest BCUT2D eigenvalue weighted by Crippen LogP contribution is -1.97. The van der Waals surface area contributed by atoms with Crippen LogP contribution in [0.5, 0.6) is 5.75 Å². The normalized spacial score (nSPS) is 10.6. The number of hydrogen-bond donors (Lipinski definition) is 1. The zero-order valence-electron chi connectivity index (χ0n) is 7.57. The highest BCUT2D eigenvalue weighted by atomic mass is 16.6. The van der Waals surface area contributed by atoms with Gasteiger partial charge in [-0.1, -0.05) is 30.4 Å². The SMILES string of the molecule is COc1ccccc1/C=C/CON.